The van der Waals surface area contributed by atoms with Crippen LogP contribution in [0.15, 0.2) is 54.7 Å². The van der Waals surface area contributed by atoms with Crippen molar-refractivity contribution < 1.29 is 24.4 Å². The predicted molar refractivity (Wildman–Crippen MR) is 107 cm³/mol. The molecule has 0 saturated heterocycles. The molecular weight excluding hydrogens is 392 g/mol. The molecule has 10 heteroatoms. The Morgan fingerprint density at radius 1 is 1.20 bits per heavy atom. The van der Waals surface area contributed by atoms with Crippen LogP contribution in [0.5, 0.6) is 11.5 Å². The molecule has 0 fully saturated rings. The number of aromatic nitrogens is 2. The third-order valence-electron chi connectivity index (χ3n) is 4.10. The van der Waals surface area contributed by atoms with Crippen LogP contribution < -0.4 is 10.1 Å². The Morgan fingerprint density at radius 2 is 2.00 bits per heavy atom. The highest BCUT2D eigenvalue weighted by molar-refractivity contribution is 5.91. The average molecular weight is 410 g/mol. The maximum absolute atomic E-state index is 12.3. The predicted octanol–water partition coefficient (Wildman–Crippen LogP) is 3.62. The Morgan fingerprint density at radius 3 is 2.70 bits per heavy atom. The maximum atomic E-state index is 12.3. The van der Waals surface area contributed by atoms with E-state index in [0.29, 0.717) is 5.75 Å². The second-order valence-corrected chi connectivity index (χ2v) is 6.43. The lowest BCUT2D eigenvalue weighted by Gasteiger charge is -2.10. The molecule has 30 heavy (non-hydrogen) atoms. The number of hydrogen-bond acceptors (Lipinski definition) is 6. The number of carboxylic acid groups (broad SMARTS) is 1. The molecule has 0 aliphatic heterocycles. The number of non-ortho nitro benzene ring substituents is 1. The van der Waals surface area contributed by atoms with Crippen LogP contribution in [0.25, 0.3) is 0 Å². The molecule has 154 valence electrons. The third-order valence-corrected chi connectivity index (χ3v) is 4.10. The van der Waals surface area contributed by atoms with Crippen LogP contribution in [0.2, 0.25) is 0 Å². The lowest BCUT2D eigenvalue weighted by molar-refractivity contribution is -0.384. The van der Waals surface area contributed by atoms with E-state index in [0.717, 1.165) is 5.56 Å². The van der Waals surface area contributed by atoms with E-state index in [2.05, 4.69) is 10.4 Å². The number of nitrogens with one attached hydrogen (secondary N) is 1. The Kier molecular flexibility index (Phi) is 6.06. The number of benzene rings is 2. The first-order chi connectivity index (χ1) is 14.3. The minimum atomic E-state index is -1.15. The molecule has 10 nitrogen and oxygen atoms in total. The second kappa shape index (κ2) is 8.86. The van der Waals surface area contributed by atoms with E-state index in [1.54, 1.807) is 18.2 Å². The lowest BCUT2D eigenvalue weighted by Crippen LogP contribution is -2.17. The van der Waals surface area contributed by atoms with Gasteiger partial charge in [-0.15, -0.1) is 0 Å². The largest absolute Gasteiger partial charge is 0.477 e. The standard InChI is InChI=1S/C20H18N4O6/c1-13-3-2-4-16(9-13)30-17-11-14(10-15(12-17)24(28)29)22-19(25)6-8-23-18(20(26)27)5-7-21-23/h2-5,7,9-12H,6,8H2,1H3,(H,22,25)(H,26,27). The van der Waals surface area contributed by atoms with Gasteiger partial charge in [-0.05, 0) is 30.7 Å². The molecule has 0 bridgehead atoms. The van der Waals surface area contributed by atoms with Crippen LogP contribution in [0.1, 0.15) is 22.5 Å². The number of aromatic carboxylic acids is 1. The molecule has 3 aromatic rings. The Hall–Kier alpha value is -4.21. The van der Waals surface area contributed by atoms with Crippen LogP contribution in [0, 0.1) is 17.0 Å². The lowest BCUT2D eigenvalue weighted by atomic mass is 10.2. The van der Waals surface area contributed by atoms with E-state index < -0.39 is 16.8 Å². The first-order valence-electron chi connectivity index (χ1n) is 8.91. The molecule has 0 saturated carbocycles. The van der Waals surface area contributed by atoms with Gasteiger partial charge in [-0.3, -0.25) is 19.6 Å². The molecule has 2 N–H and O–H groups in total. The molecule has 0 atom stereocenters. The smallest absolute Gasteiger partial charge is 0.354 e. The minimum absolute atomic E-state index is 0.0352. The van der Waals surface area contributed by atoms with Gasteiger partial charge in [-0.25, -0.2) is 4.79 Å². The van der Waals surface area contributed by atoms with Crippen LogP contribution >= 0.6 is 0 Å². The topological polar surface area (TPSA) is 137 Å². The van der Waals surface area contributed by atoms with Crippen molar-refractivity contribution in [2.75, 3.05) is 5.32 Å². The maximum Gasteiger partial charge on any atom is 0.354 e. The van der Waals surface area contributed by atoms with Crippen molar-refractivity contribution >= 4 is 23.3 Å². The fourth-order valence-electron chi connectivity index (χ4n) is 2.76. The van der Waals surface area contributed by atoms with Gasteiger partial charge in [-0.2, -0.15) is 5.10 Å². The van der Waals surface area contributed by atoms with Gasteiger partial charge in [0.05, 0.1) is 23.2 Å². The van der Waals surface area contributed by atoms with Crippen molar-refractivity contribution in [1.82, 2.24) is 9.78 Å². The molecule has 2 aromatic carbocycles. The fraction of sp³-hybridized carbons (Fsp3) is 0.150. The number of aryl methyl sites for hydroxylation is 2. The van der Waals surface area contributed by atoms with Crippen molar-refractivity contribution in [3.05, 3.63) is 76.1 Å². The van der Waals surface area contributed by atoms with E-state index in [1.807, 2.05) is 13.0 Å². The summed E-state index contributed by atoms with van der Waals surface area (Å²) in [4.78, 5) is 34.0. The highest BCUT2D eigenvalue weighted by Gasteiger charge is 2.15. The quantitative estimate of drug-likeness (QED) is 0.427. The number of amides is 1. The van der Waals surface area contributed by atoms with E-state index in [-0.39, 0.29) is 35.8 Å². The summed E-state index contributed by atoms with van der Waals surface area (Å²) in [5, 5.41) is 26.8. The number of rotatable bonds is 8. The summed E-state index contributed by atoms with van der Waals surface area (Å²) in [6.45, 7) is 1.93. The first-order valence-corrected chi connectivity index (χ1v) is 8.91. The minimum Gasteiger partial charge on any atom is -0.477 e. The molecule has 0 aliphatic rings. The fourth-order valence-corrected chi connectivity index (χ4v) is 2.76. The zero-order valence-corrected chi connectivity index (χ0v) is 15.9. The Bertz CT molecular complexity index is 1110. The number of nitro benzene ring substituents is 1. The van der Waals surface area contributed by atoms with Crippen LogP contribution in [-0.4, -0.2) is 31.7 Å². The van der Waals surface area contributed by atoms with Gasteiger partial charge in [0.15, 0.2) is 0 Å². The number of ether oxygens (including phenoxy) is 1. The van der Waals surface area contributed by atoms with Crippen molar-refractivity contribution in [2.45, 2.75) is 19.9 Å². The highest BCUT2D eigenvalue weighted by Crippen LogP contribution is 2.30. The molecule has 1 aromatic heterocycles. The number of anilines is 1. The van der Waals surface area contributed by atoms with Gasteiger partial charge in [0.25, 0.3) is 5.69 Å². The summed E-state index contributed by atoms with van der Waals surface area (Å²) >= 11 is 0. The van der Waals surface area contributed by atoms with E-state index in [1.165, 1.54) is 35.1 Å². The molecule has 0 unspecified atom stereocenters. The monoisotopic (exact) mass is 410 g/mol. The van der Waals surface area contributed by atoms with Crippen molar-refractivity contribution in [1.29, 1.82) is 0 Å². The van der Waals surface area contributed by atoms with Crippen molar-refractivity contribution in [2.24, 2.45) is 0 Å². The number of carbonyl (C=O) groups is 2. The molecule has 0 spiro atoms. The van der Waals surface area contributed by atoms with Crippen LogP contribution in [0.3, 0.4) is 0 Å². The highest BCUT2D eigenvalue weighted by atomic mass is 16.6. The van der Waals surface area contributed by atoms with E-state index >= 15 is 0 Å². The second-order valence-electron chi connectivity index (χ2n) is 6.43. The average Bonchev–Trinajstić information content (AvgIpc) is 3.15. The van der Waals surface area contributed by atoms with E-state index in [9.17, 15) is 19.7 Å². The number of carbonyl (C=O) groups excluding carboxylic acids is 1. The summed E-state index contributed by atoms with van der Waals surface area (Å²) in [5.41, 5.74) is 0.879. The third kappa shape index (κ3) is 5.19. The van der Waals surface area contributed by atoms with Crippen molar-refractivity contribution in [3.63, 3.8) is 0 Å². The molecular formula is C20H18N4O6. The number of hydrogen-bond donors (Lipinski definition) is 2. The number of nitro groups is 1. The molecule has 0 radical (unpaired) electrons. The van der Waals surface area contributed by atoms with E-state index in [4.69, 9.17) is 9.84 Å². The number of nitrogens with zero attached hydrogens (tertiary/aromatic N) is 3. The van der Waals surface area contributed by atoms with Gasteiger partial charge in [-0.1, -0.05) is 12.1 Å². The van der Waals surface area contributed by atoms with Gasteiger partial charge in [0.2, 0.25) is 5.91 Å². The Labute approximate surface area is 170 Å². The summed E-state index contributed by atoms with van der Waals surface area (Å²) in [5.74, 6) is -0.897. The normalized spacial score (nSPS) is 10.4. The van der Waals surface area contributed by atoms with Gasteiger partial charge in [0.1, 0.15) is 17.2 Å². The zero-order chi connectivity index (χ0) is 21.7. The van der Waals surface area contributed by atoms with Crippen LogP contribution in [-0.2, 0) is 11.3 Å². The first kappa shape index (κ1) is 20.5. The van der Waals surface area contributed by atoms with Gasteiger partial charge >= 0.3 is 5.97 Å². The molecule has 0 aliphatic carbocycles. The molecule has 3 rings (SSSR count). The summed E-state index contributed by atoms with van der Waals surface area (Å²) in [7, 11) is 0. The SMILES string of the molecule is Cc1cccc(Oc2cc(NC(=O)CCn3nccc3C(=O)O)cc([N+](=O)[O-])c2)c1. The molecule has 1 heterocycles. The zero-order valence-electron chi connectivity index (χ0n) is 15.9. The summed E-state index contributed by atoms with van der Waals surface area (Å²) in [6, 6.07) is 12.5. The number of carboxylic acids is 1. The van der Waals surface area contributed by atoms with Gasteiger partial charge < -0.3 is 15.2 Å². The van der Waals surface area contributed by atoms with Gasteiger partial charge in [0, 0.05) is 24.8 Å². The Balaban J connectivity index is 1.73. The van der Waals surface area contributed by atoms with Crippen molar-refractivity contribution in [3.8, 4) is 11.5 Å². The summed E-state index contributed by atoms with van der Waals surface area (Å²) < 4.78 is 6.89. The molecule has 1 amide bonds. The van der Waals surface area contributed by atoms with Crippen LogP contribution in [0.4, 0.5) is 11.4 Å². The summed E-state index contributed by atoms with van der Waals surface area (Å²) in [6.07, 6.45) is 1.26.